The van der Waals surface area contributed by atoms with Crippen molar-refractivity contribution in [3.05, 3.63) is 29.6 Å². The molecule has 0 radical (unpaired) electrons. The van der Waals surface area contributed by atoms with Gasteiger partial charge in [0.25, 0.3) is 0 Å². The molecule has 0 saturated heterocycles. The smallest absolute Gasteiger partial charge is 0.0733 e. The van der Waals surface area contributed by atoms with Gasteiger partial charge in [0, 0.05) is 17.5 Å². The van der Waals surface area contributed by atoms with E-state index in [1.54, 1.807) is 18.3 Å². The van der Waals surface area contributed by atoms with Crippen LogP contribution in [0.15, 0.2) is 18.3 Å². The summed E-state index contributed by atoms with van der Waals surface area (Å²) in [7, 11) is 0. The van der Waals surface area contributed by atoms with Crippen LogP contribution in [0.4, 0.5) is 0 Å². The zero-order valence-electron chi connectivity index (χ0n) is 17.5. The van der Waals surface area contributed by atoms with Gasteiger partial charge in [-0.25, -0.2) is 0 Å². The zero-order chi connectivity index (χ0) is 19.6. The van der Waals surface area contributed by atoms with E-state index in [0.717, 1.165) is 19.3 Å². The second kappa shape index (κ2) is 16.8. The van der Waals surface area contributed by atoms with E-state index < -0.39 is 5.97 Å². The largest absolute Gasteiger partial charge is 0.545 e. The van der Waals surface area contributed by atoms with Crippen LogP contribution in [0, 0.1) is 0 Å². The summed E-state index contributed by atoms with van der Waals surface area (Å²) >= 11 is 0. The third-order valence-electron chi connectivity index (χ3n) is 5.38. The van der Waals surface area contributed by atoms with Gasteiger partial charge in [0.1, 0.15) is 0 Å². The minimum absolute atomic E-state index is 0.249. The van der Waals surface area contributed by atoms with E-state index in [2.05, 4.69) is 11.9 Å². The maximum Gasteiger partial charge on any atom is 0.0733 e. The van der Waals surface area contributed by atoms with Crippen LogP contribution in [0.3, 0.4) is 0 Å². The normalized spacial score (nSPS) is 11.0. The Morgan fingerprint density at radius 3 is 1.67 bits per heavy atom. The Bertz CT molecular complexity index is 487. The first-order chi connectivity index (χ1) is 13.3. The number of unbranched alkanes of at least 4 members (excludes halogenated alkanes) is 15. The SMILES string of the molecule is CCCCCCCCCCCCCCCCCCc1ncccc1C(=O)[O-]. The van der Waals surface area contributed by atoms with E-state index in [9.17, 15) is 9.90 Å². The van der Waals surface area contributed by atoms with Gasteiger partial charge in [-0.15, -0.1) is 0 Å². The molecule has 0 aliphatic heterocycles. The molecule has 0 spiro atoms. The summed E-state index contributed by atoms with van der Waals surface area (Å²) in [4.78, 5) is 15.2. The van der Waals surface area contributed by atoms with Crippen LogP contribution in [0.1, 0.15) is 126 Å². The van der Waals surface area contributed by atoms with Crippen LogP contribution < -0.4 is 5.11 Å². The molecule has 0 saturated carbocycles. The molecule has 1 aromatic heterocycles. The molecule has 0 N–H and O–H groups in total. The van der Waals surface area contributed by atoms with Gasteiger partial charge in [0.2, 0.25) is 0 Å². The molecule has 0 unspecified atom stereocenters. The van der Waals surface area contributed by atoms with Crippen molar-refractivity contribution in [2.45, 2.75) is 116 Å². The van der Waals surface area contributed by atoms with Crippen molar-refractivity contribution < 1.29 is 9.90 Å². The van der Waals surface area contributed by atoms with Gasteiger partial charge < -0.3 is 9.90 Å². The van der Waals surface area contributed by atoms with Gasteiger partial charge in [-0.3, -0.25) is 4.98 Å². The third kappa shape index (κ3) is 12.6. The molecule has 0 amide bonds. The number of rotatable bonds is 18. The fourth-order valence-electron chi connectivity index (χ4n) is 3.66. The number of hydrogen-bond donors (Lipinski definition) is 0. The first-order valence-electron chi connectivity index (χ1n) is 11.4. The second-order valence-electron chi connectivity index (χ2n) is 7.84. The number of carbonyl (C=O) groups excluding carboxylic acids is 1. The zero-order valence-corrected chi connectivity index (χ0v) is 17.5. The Kier molecular flexibility index (Phi) is 14.7. The number of aromatic nitrogens is 1. The van der Waals surface area contributed by atoms with E-state index in [4.69, 9.17) is 0 Å². The minimum Gasteiger partial charge on any atom is -0.545 e. The number of carboxylic acids is 1. The topological polar surface area (TPSA) is 53.0 Å². The van der Waals surface area contributed by atoms with Crippen molar-refractivity contribution in [3.63, 3.8) is 0 Å². The molecular weight excluding hydrogens is 334 g/mol. The molecule has 3 heteroatoms. The summed E-state index contributed by atoms with van der Waals surface area (Å²) in [5.41, 5.74) is 0.918. The van der Waals surface area contributed by atoms with E-state index in [1.165, 1.54) is 89.9 Å². The molecule has 1 rings (SSSR count). The number of aryl methyl sites for hydroxylation is 1. The lowest BCUT2D eigenvalue weighted by Gasteiger charge is -2.08. The summed E-state index contributed by atoms with van der Waals surface area (Å²) in [6.07, 6.45) is 23.9. The molecule has 3 nitrogen and oxygen atoms in total. The van der Waals surface area contributed by atoms with E-state index in [0.29, 0.717) is 5.69 Å². The molecule has 0 aromatic carbocycles. The number of carbonyl (C=O) groups is 1. The van der Waals surface area contributed by atoms with Crippen LogP contribution in [0.5, 0.6) is 0 Å². The Morgan fingerprint density at radius 1 is 0.778 bits per heavy atom. The molecule has 0 aliphatic rings. The fourth-order valence-corrected chi connectivity index (χ4v) is 3.66. The molecule has 0 atom stereocenters. The van der Waals surface area contributed by atoms with Crippen molar-refractivity contribution in [3.8, 4) is 0 Å². The molecule has 0 aliphatic carbocycles. The number of pyridine rings is 1. The lowest BCUT2D eigenvalue weighted by atomic mass is 10.0. The van der Waals surface area contributed by atoms with E-state index in [-0.39, 0.29) is 5.56 Å². The standard InChI is InChI=1S/C24H41NO2/c1-2-3-4-5-6-7-8-9-10-11-12-13-14-15-16-17-20-23-22(24(26)27)19-18-21-25-23/h18-19,21H,2-17,20H2,1H3,(H,26,27)/p-1. The maximum atomic E-state index is 11.0. The van der Waals surface area contributed by atoms with Crippen molar-refractivity contribution in [1.82, 2.24) is 4.98 Å². The molecule has 0 fully saturated rings. The van der Waals surface area contributed by atoms with Crippen LogP contribution in [0.25, 0.3) is 0 Å². The highest BCUT2D eigenvalue weighted by Crippen LogP contribution is 2.15. The maximum absolute atomic E-state index is 11.0. The summed E-state index contributed by atoms with van der Waals surface area (Å²) in [6.45, 7) is 2.27. The average molecular weight is 375 g/mol. The van der Waals surface area contributed by atoms with Crippen molar-refractivity contribution in [2.24, 2.45) is 0 Å². The first-order valence-corrected chi connectivity index (χ1v) is 11.4. The van der Waals surface area contributed by atoms with Crippen molar-refractivity contribution in [2.75, 3.05) is 0 Å². The highest BCUT2D eigenvalue weighted by Gasteiger charge is 2.03. The predicted octanol–water partition coefficient (Wildman–Crippen LogP) is 6.25. The first kappa shape index (κ1) is 23.7. The number of aromatic carboxylic acids is 1. The van der Waals surface area contributed by atoms with Crippen molar-refractivity contribution in [1.29, 1.82) is 0 Å². The molecule has 27 heavy (non-hydrogen) atoms. The monoisotopic (exact) mass is 374 g/mol. The number of carboxylic acid groups (broad SMARTS) is 1. The Labute approximate surface area is 167 Å². The quantitative estimate of drug-likeness (QED) is 0.285. The van der Waals surface area contributed by atoms with Gasteiger partial charge in [-0.1, -0.05) is 103 Å². The van der Waals surface area contributed by atoms with Crippen LogP contribution in [0.2, 0.25) is 0 Å². The van der Waals surface area contributed by atoms with Crippen LogP contribution in [-0.4, -0.2) is 11.0 Å². The molecule has 154 valence electrons. The van der Waals surface area contributed by atoms with Crippen LogP contribution in [-0.2, 0) is 6.42 Å². The van der Waals surface area contributed by atoms with Gasteiger partial charge in [0.15, 0.2) is 0 Å². The van der Waals surface area contributed by atoms with Gasteiger partial charge in [-0.2, -0.15) is 0 Å². The summed E-state index contributed by atoms with van der Waals surface area (Å²) in [6, 6.07) is 3.24. The van der Waals surface area contributed by atoms with E-state index in [1.807, 2.05) is 0 Å². The number of nitrogens with zero attached hydrogens (tertiary/aromatic N) is 1. The fraction of sp³-hybridized carbons (Fsp3) is 0.750. The van der Waals surface area contributed by atoms with Crippen LogP contribution >= 0.6 is 0 Å². The van der Waals surface area contributed by atoms with Gasteiger partial charge in [-0.05, 0) is 25.0 Å². The summed E-state index contributed by atoms with van der Waals surface area (Å²) < 4.78 is 0. The number of hydrogen-bond acceptors (Lipinski definition) is 3. The van der Waals surface area contributed by atoms with Gasteiger partial charge in [0.05, 0.1) is 5.97 Å². The average Bonchev–Trinajstić information content (AvgIpc) is 2.68. The highest BCUT2D eigenvalue weighted by molar-refractivity contribution is 5.86. The highest BCUT2D eigenvalue weighted by atomic mass is 16.4. The lowest BCUT2D eigenvalue weighted by molar-refractivity contribution is -0.255. The Balaban J connectivity index is 1.85. The lowest BCUT2D eigenvalue weighted by Crippen LogP contribution is -2.24. The Morgan fingerprint density at radius 2 is 1.22 bits per heavy atom. The predicted molar refractivity (Wildman–Crippen MR) is 112 cm³/mol. The minimum atomic E-state index is -1.12. The summed E-state index contributed by atoms with van der Waals surface area (Å²) in [5.74, 6) is -1.12. The summed E-state index contributed by atoms with van der Waals surface area (Å²) in [5, 5.41) is 11.0. The second-order valence-corrected chi connectivity index (χ2v) is 7.84. The molecule has 0 bridgehead atoms. The molecule has 1 aromatic rings. The van der Waals surface area contributed by atoms with E-state index >= 15 is 0 Å². The molecule has 1 heterocycles. The van der Waals surface area contributed by atoms with Gasteiger partial charge >= 0.3 is 0 Å². The van der Waals surface area contributed by atoms with Crippen molar-refractivity contribution >= 4 is 5.97 Å². The molecular formula is C24H40NO2-. The Hall–Kier alpha value is -1.38. The third-order valence-corrected chi connectivity index (χ3v) is 5.38.